The van der Waals surface area contributed by atoms with E-state index in [9.17, 15) is 14.9 Å². The SMILES string of the molecule is N#C/C(C(=O)NCc1ccccc1)=C1/SC(Cc2ccc(Cl)cc2)C(=O)N1c1ccc(Cl)cc1. The Morgan fingerprint density at radius 1 is 0.941 bits per heavy atom. The lowest BCUT2D eigenvalue weighted by atomic mass is 10.1. The van der Waals surface area contributed by atoms with Crippen LogP contribution < -0.4 is 10.2 Å². The van der Waals surface area contributed by atoms with Crippen LogP contribution in [0.1, 0.15) is 11.1 Å². The summed E-state index contributed by atoms with van der Waals surface area (Å²) >= 11 is 13.2. The van der Waals surface area contributed by atoms with Crippen molar-refractivity contribution in [1.82, 2.24) is 5.32 Å². The molecule has 0 radical (unpaired) electrons. The second-order valence-corrected chi connectivity index (χ2v) is 9.61. The van der Waals surface area contributed by atoms with Crippen molar-refractivity contribution in [1.29, 1.82) is 5.26 Å². The lowest BCUT2D eigenvalue weighted by Crippen LogP contribution is -2.32. The summed E-state index contributed by atoms with van der Waals surface area (Å²) in [5, 5.41) is 13.6. The maximum Gasteiger partial charge on any atom is 0.264 e. The van der Waals surface area contributed by atoms with E-state index in [0.717, 1.165) is 11.1 Å². The van der Waals surface area contributed by atoms with Crippen molar-refractivity contribution in [2.45, 2.75) is 18.2 Å². The Morgan fingerprint density at radius 3 is 2.18 bits per heavy atom. The molecule has 0 saturated carbocycles. The van der Waals surface area contributed by atoms with Gasteiger partial charge in [0.2, 0.25) is 5.91 Å². The van der Waals surface area contributed by atoms with Gasteiger partial charge < -0.3 is 5.32 Å². The zero-order chi connectivity index (χ0) is 24.1. The Balaban J connectivity index is 1.66. The fourth-order valence-electron chi connectivity index (χ4n) is 3.51. The molecule has 0 bridgehead atoms. The van der Waals surface area contributed by atoms with Gasteiger partial charge in [-0.3, -0.25) is 14.5 Å². The van der Waals surface area contributed by atoms with E-state index in [-0.39, 0.29) is 18.0 Å². The smallest absolute Gasteiger partial charge is 0.264 e. The van der Waals surface area contributed by atoms with Gasteiger partial charge in [-0.15, -0.1) is 0 Å². The molecule has 1 unspecified atom stereocenters. The van der Waals surface area contributed by atoms with Gasteiger partial charge in [0.1, 0.15) is 16.7 Å². The zero-order valence-corrected chi connectivity index (χ0v) is 20.2. The predicted molar refractivity (Wildman–Crippen MR) is 136 cm³/mol. The number of anilines is 1. The van der Waals surface area contributed by atoms with Crippen molar-refractivity contribution >= 4 is 52.5 Å². The van der Waals surface area contributed by atoms with E-state index < -0.39 is 11.2 Å². The number of rotatable bonds is 6. The van der Waals surface area contributed by atoms with Gasteiger partial charge in [-0.2, -0.15) is 5.26 Å². The third-order valence-electron chi connectivity index (χ3n) is 5.22. The average molecular weight is 508 g/mol. The van der Waals surface area contributed by atoms with Crippen molar-refractivity contribution in [2.24, 2.45) is 0 Å². The molecule has 0 spiro atoms. The second kappa shape index (κ2) is 10.8. The summed E-state index contributed by atoms with van der Waals surface area (Å²) in [5.41, 5.74) is 2.27. The number of benzene rings is 3. The minimum absolute atomic E-state index is 0.108. The van der Waals surface area contributed by atoms with E-state index in [1.165, 1.54) is 16.7 Å². The molecule has 2 amide bonds. The minimum Gasteiger partial charge on any atom is -0.347 e. The van der Waals surface area contributed by atoms with Crippen LogP contribution in [0, 0.1) is 11.3 Å². The number of nitrogens with zero attached hydrogens (tertiary/aromatic N) is 2. The predicted octanol–water partition coefficient (Wildman–Crippen LogP) is 5.74. The number of amides is 2. The van der Waals surface area contributed by atoms with Crippen molar-refractivity contribution < 1.29 is 9.59 Å². The van der Waals surface area contributed by atoms with Crippen molar-refractivity contribution in [2.75, 3.05) is 4.90 Å². The van der Waals surface area contributed by atoms with E-state index in [4.69, 9.17) is 23.2 Å². The normalized spacial score (nSPS) is 16.8. The maximum absolute atomic E-state index is 13.5. The highest BCUT2D eigenvalue weighted by Crippen LogP contribution is 2.42. The third kappa shape index (κ3) is 5.45. The van der Waals surface area contributed by atoms with Crippen LogP contribution in [0.5, 0.6) is 0 Å². The molecule has 4 rings (SSSR count). The van der Waals surface area contributed by atoms with Crippen molar-refractivity contribution in [3.05, 3.63) is 111 Å². The summed E-state index contributed by atoms with van der Waals surface area (Å²) in [5.74, 6) is -0.742. The lowest BCUT2D eigenvalue weighted by Gasteiger charge is -2.19. The molecule has 5 nitrogen and oxygen atoms in total. The van der Waals surface area contributed by atoms with Crippen LogP contribution in [-0.4, -0.2) is 17.1 Å². The highest BCUT2D eigenvalue weighted by molar-refractivity contribution is 8.05. The number of nitrogens with one attached hydrogen (secondary N) is 1. The Hall–Kier alpha value is -3.24. The van der Waals surface area contributed by atoms with Gasteiger partial charge in [-0.25, -0.2) is 0 Å². The van der Waals surface area contributed by atoms with Crippen LogP contribution in [-0.2, 0) is 22.6 Å². The van der Waals surface area contributed by atoms with Gasteiger partial charge in [0.15, 0.2) is 0 Å². The minimum atomic E-state index is -0.534. The standard InChI is InChI=1S/C26H19Cl2N3O2S/c27-19-8-6-17(7-9-19)14-23-25(33)31(21-12-10-20(28)11-13-21)26(34-23)22(15-29)24(32)30-16-18-4-2-1-3-5-18/h1-13,23H,14,16H2,(H,30,32)/b26-22-. The molecule has 1 atom stereocenters. The summed E-state index contributed by atoms with van der Waals surface area (Å²) in [7, 11) is 0. The van der Waals surface area contributed by atoms with E-state index in [1.54, 1.807) is 36.4 Å². The maximum atomic E-state index is 13.5. The topological polar surface area (TPSA) is 73.2 Å². The molecule has 1 aliphatic rings. The van der Waals surface area contributed by atoms with Crippen molar-refractivity contribution in [3.63, 3.8) is 0 Å². The summed E-state index contributed by atoms with van der Waals surface area (Å²) in [6.07, 6.45) is 0.429. The summed E-state index contributed by atoms with van der Waals surface area (Å²) in [6, 6.07) is 25.4. The molecule has 3 aromatic rings. The average Bonchev–Trinajstić information content (AvgIpc) is 3.16. The summed E-state index contributed by atoms with van der Waals surface area (Å²) < 4.78 is 0. The molecular formula is C26H19Cl2N3O2S. The second-order valence-electron chi connectivity index (χ2n) is 7.55. The van der Waals surface area contributed by atoms with Crippen LogP contribution in [0.15, 0.2) is 89.5 Å². The fraction of sp³-hybridized carbons (Fsp3) is 0.115. The van der Waals surface area contributed by atoms with Gasteiger partial charge in [0.25, 0.3) is 5.91 Å². The first kappa shape index (κ1) is 23.9. The molecule has 34 heavy (non-hydrogen) atoms. The Kier molecular flexibility index (Phi) is 7.59. The summed E-state index contributed by atoms with van der Waals surface area (Å²) in [4.78, 5) is 27.9. The fourth-order valence-corrected chi connectivity index (χ4v) is 5.07. The first-order valence-electron chi connectivity index (χ1n) is 10.4. The number of hydrogen-bond acceptors (Lipinski definition) is 4. The monoisotopic (exact) mass is 507 g/mol. The molecule has 1 N–H and O–H groups in total. The Morgan fingerprint density at radius 2 is 1.56 bits per heavy atom. The van der Waals surface area contributed by atoms with Gasteiger partial charge in [-0.1, -0.05) is 77.4 Å². The van der Waals surface area contributed by atoms with Crippen LogP contribution in [0.4, 0.5) is 5.69 Å². The first-order valence-corrected chi connectivity index (χ1v) is 12.1. The largest absolute Gasteiger partial charge is 0.347 e. The molecule has 1 aliphatic heterocycles. The number of thioether (sulfide) groups is 1. The lowest BCUT2D eigenvalue weighted by molar-refractivity contribution is -0.117. The van der Waals surface area contributed by atoms with E-state index in [0.29, 0.717) is 27.2 Å². The van der Waals surface area contributed by atoms with E-state index in [1.807, 2.05) is 48.5 Å². The zero-order valence-electron chi connectivity index (χ0n) is 17.9. The highest BCUT2D eigenvalue weighted by Gasteiger charge is 2.40. The molecule has 1 fully saturated rings. The number of hydrogen-bond donors (Lipinski definition) is 1. The molecule has 3 aromatic carbocycles. The molecule has 1 saturated heterocycles. The van der Waals surface area contributed by atoms with Crippen LogP contribution in [0.25, 0.3) is 0 Å². The van der Waals surface area contributed by atoms with Crippen LogP contribution in [0.3, 0.4) is 0 Å². The number of carbonyl (C=O) groups excluding carboxylic acids is 2. The van der Waals surface area contributed by atoms with Crippen LogP contribution in [0.2, 0.25) is 10.0 Å². The quantitative estimate of drug-likeness (QED) is 0.341. The number of carbonyl (C=O) groups is 2. The summed E-state index contributed by atoms with van der Waals surface area (Å²) in [6.45, 7) is 0.270. The van der Waals surface area contributed by atoms with Crippen molar-refractivity contribution in [3.8, 4) is 6.07 Å². The highest BCUT2D eigenvalue weighted by atomic mass is 35.5. The van der Waals surface area contributed by atoms with Crippen LogP contribution >= 0.6 is 35.0 Å². The van der Waals surface area contributed by atoms with Gasteiger partial charge in [0, 0.05) is 22.3 Å². The Labute approximate surface area is 212 Å². The number of nitriles is 1. The Bertz CT molecular complexity index is 1270. The molecule has 1 heterocycles. The number of halogens is 2. The van der Waals surface area contributed by atoms with Gasteiger partial charge >= 0.3 is 0 Å². The first-order chi connectivity index (χ1) is 16.5. The van der Waals surface area contributed by atoms with Gasteiger partial charge in [-0.05, 0) is 53.9 Å². The van der Waals surface area contributed by atoms with Gasteiger partial charge in [0.05, 0.1) is 5.25 Å². The van der Waals surface area contributed by atoms with E-state index in [2.05, 4.69) is 5.32 Å². The molecule has 0 aliphatic carbocycles. The third-order valence-corrected chi connectivity index (χ3v) is 6.99. The molecule has 8 heteroatoms. The molecule has 170 valence electrons. The molecular weight excluding hydrogens is 489 g/mol. The molecule has 0 aromatic heterocycles. The van der Waals surface area contributed by atoms with E-state index >= 15 is 0 Å².